The largest absolute Gasteiger partial charge is 0.497 e. The molecule has 5 nitrogen and oxygen atoms in total. The Morgan fingerprint density at radius 2 is 2.16 bits per heavy atom. The fraction of sp³-hybridized carbons (Fsp3) is 0.474. The molecule has 2 aromatic rings. The lowest BCUT2D eigenvalue weighted by molar-refractivity contribution is 0.0569. The monoisotopic (exact) mass is 360 g/mol. The number of nitrogens with zero attached hydrogens (tertiary/aromatic N) is 2. The molecule has 1 aliphatic rings. The van der Waals surface area contributed by atoms with Crippen LogP contribution in [0, 0.1) is 0 Å². The summed E-state index contributed by atoms with van der Waals surface area (Å²) in [6.07, 6.45) is 4.47. The molecule has 1 unspecified atom stereocenters. The van der Waals surface area contributed by atoms with Crippen molar-refractivity contribution < 1.29 is 14.6 Å². The van der Waals surface area contributed by atoms with Gasteiger partial charge in [0.05, 0.1) is 12.1 Å². The van der Waals surface area contributed by atoms with Crippen molar-refractivity contribution in [1.82, 2.24) is 9.88 Å². The number of ether oxygens (including phenoxy) is 1. The third-order valence-corrected chi connectivity index (χ3v) is 5.48. The predicted octanol–water partition coefficient (Wildman–Crippen LogP) is 3.12. The van der Waals surface area contributed by atoms with E-state index in [1.807, 2.05) is 34.5 Å². The number of carbonyl (C=O) groups excluding carboxylic acids is 1. The zero-order valence-corrected chi connectivity index (χ0v) is 15.3. The van der Waals surface area contributed by atoms with Crippen LogP contribution in [-0.4, -0.2) is 47.2 Å². The lowest BCUT2D eigenvalue weighted by atomic mass is 9.99. The quantitative estimate of drug-likeness (QED) is 0.860. The number of thiazole rings is 1. The molecule has 3 rings (SSSR count). The van der Waals surface area contributed by atoms with E-state index < -0.39 is 0 Å². The molecule has 0 bridgehead atoms. The van der Waals surface area contributed by atoms with Gasteiger partial charge in [-0.2, -0.15) is 0 Å². The van der Waals surface area contributed by atoms with E-state index in [0.29, 0.717) is 18.5 Å². The number of hydrogen-bond donors (Lipinski definition) is 1. The molecule has 1 aromatic heterocycles. The number of carbonyl (C=O) groups is 1. The van der Waals surface area contributed by atoms with Crippen molar-refractivity contribution in [2.45, 2.75) is 38.1 Å². The lowest BCUT2D eigenvalue weighted by Gasteiger charge is -2.35. The molecule has 1 aromatic carbocycles. The Morgan fingerprint density at radius 1 is 1.36 bits per heavy atom. The van der Waals surface area contributed by atoms with Crippen LogP contribution in [0.2, 0.25) is 0 Å². The van der Waals surface area contributed by atoms with Gasteiger partial charge in [-0.1, -0.05) is 12.1 Å². The first-order valence-electron chi connectivity index (χ1n) is 8.70. The summed E-state index contributed by atoms with van der Waals surface area (Å²) in [5.41, 5.74) is 1.67. The van der Waals surface area contributed by atoms with Gasteiger partial charge in [0.1, 0.15) is 11.4 Å². The molecule has 6 heteroatoms. The Morgan fingerprint density at radius 3 is 2.88 bits per heavy atom. The first-order chi connectivity index (χ1) is 12.2. The topological polar surface area (TPSA) is 62.7 Å². The van der Waals surface area contributed by atoms with Gasteiger partial charge in [-0.05, 0) is 43.4 Å². The third kappa shape index (κ3) is 4.38. The Labute approximate surface area is 152 Å². The van der Waals surface area contributed by atoms with E-state index in [0.717, 1.165) is 42.1 Å². The van der Waals surface area contributed by atoms with Crippen LogP contribution in [0.5, 0.6) is 5.75 Å². The Hall–Kier alpha value is -1.92. The molecule has 1 saturated heterocycles. The van der Waals surface area contributed by atoms with Crippen molar-refractivity contribution in [3.05, 3.63) is 45.9 Å². The fourth-order valence-electron chi connectivity index (χ4n) is 3.27. The van der Waals surface area contributed by atoms with E-state index >= 15 is 0 Å². The molecule has 0 aliphatic carbocycles. The van der Waals surface area contributed by atoms with Gasteiger partial charge in [0, 0.05) is 31.0 Å². The molecule has 134 valence electrons. The van der Waals surface area contributed by atoms with Crippen molar-refractivity contribution in [1.29, 1.82) is 0 Å². The maximum absolute atomic E-state index is 12.8. The smallest absolute Gasteiger partial charge is 0.273 e. The van der Waals surface area contributed by atoms with E-state index in [-0.39, 0.29) is 18.6 Å². The predicted molar refractivity (Wildman–Crippen MR) is 98.3 cm³/mol. The van der Waals surface area contributed by atoms with Crippen LogP contribution in [0.3, 0.4) is 0 Å². The van der Waals surface area contributed by atoms with E-state index in [9.17, 15) is 9.90 Å². The summed E-state index contributed by atoms with van der Waals surface area (Å²) in [5.74, 6) is 0.828. The highest BCUT2D eigenvalue weighted by Gasteiger charge is 2.28. The molecule has 0 radical (unpaired) electrons. The summed E-state index contributed by atoms with van der Waals surface area (Å²) in [5, 5.41) is 12.0. The van der Waals surface area contributed by atoms with Crippen molar-refractivity contribution in [3.8, 4) is 5.75 Å². The van der Waals surface area contributed by atoms with Crippen LogP contribution >= 0.6 is 11.3 Å². The first-order valence-corrected chi connectivity index (χ1v) is 9.58. The normalized spacial score (nSPS) is 17.5. The first kappa shape index (κ1) is 17.9. The van der Waals surface area contributed by atoms with E-state index in [1.165, 1.54) is 11.3 Å². The summed E-state index contributed by atoms with van der Waals surface area (Å²) in [6, 6.07) is 8.04. The number of likely N-dealkylation sites (tertiary alicyclic amines) is 1. The zero-order chi connectivity index (χ0) is 17.6. The third-order valence-electron chi connectivity index (χ3n) is 4.64. The van der Waals surface area contributed by atoms with Gasteiger partial charge in [0.2, 0.25) is 0 Å². The average Bonchev–Trinajstić information content (AvgIpc) is 3.11. The number of aliphatic hydroxyl groups is 1. The maximum atomic E-state index is 12.8. The molecule has 0 spiro atoms. The summed E-state index contributed by atoms with van der Waals surface area (Å²) in [7, 11) is 1.65. The van der Waals surface area contributed by atoms with Gasteiger partial charge >= 0.3 is 0 Å². The molecular weight excluding hydrogens is 336 g/mol. The standard InChI is InChI=1S/C19H24N2O3S/c1-24-16-7-5-14(6-8-16)12-18-20-17(13-25-18)19(23)21-10-3-2-4-15(21)9-11-22/h5-8,13,15,22H,2-4,9-12H2,1H3. The SMILES string of the molecule is COc1ccc(Cc2nc(C(=O)N3CCCCC3CCO)cs2)cc1. The number of methoxy groups -OCH3 is 1. The number of piperidine rings is 1. The highest BCUT2D eigenvalue weighted by atomic mass is 32.1. The van der Waals surface area contributed by atoms with Gasteiger partial charge in [-0.25, -0.2) is 4.98 Å². The molecule has 1 amide bonds. The van der Waals surface area contributed by atoms with Crippen molar-refractivity contribution in [3.63, 3.8) is 0 Å². The summed E-state index contributed by atoms with van der Waals surface area (Å²) in [4.78, 5) is 19.3. The minimum absolute atomic E-state index is 0.00428. The molecule has 1 fully saturated rings. The minimum Gasteiger partial charge on any atom is -0.497 e. The van der Waals surface area contributed by atoms with E-state index in [1.54, 1.807) is 7.11 Å². The van der Waals surface area contributed by atoms with Crippen LogP contribution in [0.1, 0.15) is 46.7 Å². The summed E-state index contributed by atoms with van der Waals surface area (Å²) >= 11 is 1.52. The number of hydrogen-bond acceptors (Lipinski definition) is 5. The number of aromatic nitrogens is 1. The number of amides is 1. The van der Waals surface area contributed by atoms with E-state index in [4.69, 9.17) is 4.74 Å². The van der Waals surface area contributed by atoms with Crippen LogP contribution < -0.4 is 4.74 Å². The second-order valence-electron chi connectivity index (χ2n) is 6.31. The van der Waals surface area contributed by atoms with Gasteiger partial charge < -0.3 is 14.7 Å². The van der Waals surface area contributed by atoms with Crippen LogP contribution in [0.4, 0.5) is 0 Å². The molecule has 1 atom stereocenters. The van der Waals surface area contributed by atoms with Gasteiger partial charge in [-0.15, -0.1) is 11.3 Å². The molecule has 0 saturated carbocycles. The lowest BCUT2D eigenvalue weighted by Crippen LogP contribution is -2.44. The molecular formula is C19H24N2O3S. The highest BCUT2D eigenvalue weighted by Crippen LogP contribution is 2.23. The van der Waals surface area contributed by atoms with Crippen LogP contribution in [0.15, 0.2) is 29.6 Å². The fourth-order valence-corrected chi connectivity index (χ4v) is 4.07. The van der Waals surface area contributed by atoms with Crippen molar-refractivity contribution in [2.75, 3.05) is 20.3 Å². The second kappa shape index (κ2) is 8.45. The molecule has 1 N–H and O–H groups in total. The number of rotatable bonds is 6. The van der Waals surface area contributed by atoms with E-state index in [2.05, 4.69) is 4.98 Å². The summed E-state index contributed by atoms with van der Waals surface area (Å²) < 4.78 is 5.17. The number of aliphatic hydroxyl groups excluding tert-OH is 1. The Balaban J connectivity index is 1.68. The molecule has 25 heavy (non-hydrogen) atoms. The molecule has 1 aliphatic heterocycles. The Bertz CT molecular complexity index is 697. The van der Waals surface area contributed by atoms with Gasteiger partial charge in [-0.3, -0.25) is 4.79 Å². The molecule has 2 heterocycles. The zero-order valence-electron chi connectivity index (χ0n) is 14.5. The van der Waals surface area contributed by atoms with Crippen LogP contribution in [0.25, 0.3) is 0 Å². The number of benzene rings is 1. The van der Waals surface area contributed by atoms with Crippen molar-refractivity contribution >= 4 is 17.2 Å². The summed E-state index contributed by atoms with van der Waals surface area (Å²) in [6.45, 7) is 0.878. The highest BCUT2D eigenvalue weighted by molar-refractivity contribution is 7.09. The van der Waals surface area contributed by atoms with Crippen molar-refractivity contribution in [2.24, 2.45) is 0 Å². The van der Waals surface area contributed by atoms with Gasteiger partial charge in [0.15, 0.2) is 0 Å². The van der Waals surface area contributed by atoms with Gasteiger partial charge in [0.25, 0.3) is 5.91 Å². The second-order valence-corrected chi connectivity index (χ2v) is 7.25. The Kier molecular flexibility index (Phi) is 6.04. The van der Waals surface area contributed by atoms with Crippen LogP contribution in [-0.2, 0) is 6.42 Å². The average molecular weight is 360 g/mol. The maximum Gasteiger partial charge on any atom is 0.273 e. The minimum atomic E-state index is -0.00428.